The van der Waals surface area contributed by atoms with Crippen LogP contribution in [0.1, 0.15) is 0 Å². The molecule has 0 unspecified atom stereocenters. The molecule has 0 saturated carbocycles. The molecule has 0 aliphatic rings. The van der Waals surface area contributed by atoms with Gasteiger partial charge in [-0.15, -0.1) is 0 Å². The van der Waals surface area contributed by atoms with Crippen molar-refractivity contribution >= 4 is 33.0 Å². The molecule has 0 aromatic heterocycles. The zero-order chi connectivity index (χ0) is 13.3. The summed E-state index contributed by atoms with van der Waals surface area (Å²) in [6, 6.07) is 5.70. The van der Waals surface area contributed by atoms with E-state index >= 15 is 0 Å². The molecule has 0 fully saturated rings. The highest BCUT2D eigenvalue weighted by atomic mass is 79.9. The van der Waals surface area contributed by atoms with Crippen molar-refractivity contribution in [2.75, 3.05) is 11.1 Å². The molecule has 94 valence electrons. The van der Waals surface area contributed by atoms with Crippen molar-refractivity contribution in [1.82, 2.24) is 0 Å². The Kier molecular flexibility index (Phi) is 3.47. The van der Waals surface area contributed by atoms with Gasteiger partial charge in [-0.3, -0.25) is 0 Å². The fourth-order valence-corrected chi connectivity index (χ4v) is 1.80. The first-order valence-electron chi connectivity index (χ1n) is 4.93. The van der Waals surface area contributed by atoms with Gasteiger partial charge in [-0.1, -0.05) is 0 Å². The summed E-state index contributed by atoms with van der Waals surface area (Å²) in [6.45, 7) is 0. The molecule has 0 spiro atoms. The van der Waals surface area contributed by atoms with Crippen molar-refractivity contribution in [1.29, 1.82) is 0 Å². The van der Waals surface area contributed by atoms with Gasteiger partial charge in [0.25, 0.3) is 0 Å². The van der Waals surface area contributed by atoms with Gasteiger partial charge in [0.2, 0.25) is 0 Å². The summed E-state index contributed by atoms with van der Waals surface area (Å²) >= 11 is 2.94. The Morgan fingerprint density at radius 3 is 2.33 bits per heavy atom. The average molecular weight is 317 g/mol. The maximum absolute atomic E-state index is 13.5. The van der Waals surface area contributed by atoms with Crippen LogP contribution in [0.5, 0.6) is 0 Å². The summed E-state index contributed by atoms with van der Waals surface area (Å²) in [6.07, 6.45) is 0. The highest BCUT2D eigenvalue weighted by Gasteiger charge is 2.09. The maximum atomic E-state index is 13.5. The number of nitrogens with two attached hydrogens (primary N) is 1. The summed E-state index contributed by atoms with van der Waals surface area (Å²) in [5.74, 6) is -2.03. The Morgan fingerprint density at radius 2 is 1.67 bits per heavy atom. The minimum Gasteiger partial charge on any atom is -0.399 e. The Bertz CT molecular complexity index is 582. The molecular weight excluding hydrogens is 309 g/mol. The van der Waals surface area contributed by atoms with Gasteiger partial charge in [-0.05, 0) is 40.2 Å². The summed E-state index contributed by atoms with van der Waals surface area (Å²) in [7, 11) is 0. The van der Waals surface area contributed by atoms with E-state index in [2.05, 4.69) is 21.2 Å². The van der Waals surface area contributed by atoms with Crippen molar-refractivity contribution in [2.24, 2.45) is 0 Å². The van der Waals surface area contributed by atoms with Crippen LogP contribution >= 0.6 is 15.9 Å². The maximum Gasteiger partial charge on any atom is 0.149 e. The third-order valence-corrected chi connectivity index (χ3v) is 2.82. The zero-order valence-electron chi connectivity index (χ0n) is 8.98. The lowest BCUT2D eigenvalue weighted by molar-refractivity contribution is 0.581. The summed E-state index contributed by atoms with van der Waals surface area (Å²) in [4.78, 5) is 0. The molecule has 0 aliphatic heterocycles. The van der Waals surface area contributed by atoms with Crippen LogP contribution in [-0.2, 0) is 0 Å². The zero-order valence-corrected chi connectivity index (χ0v) is 10.6. The van der Waals surface area contributed by atoms with Gasteiger partial charge in [-0.25, -0.2) is 13.2 Å². The van der Waals surface area contributed by atoms with Crippen molar-refractivity contribution < 1.29 is 13.2 Å². The van der Waals surface area contributed by atoms with Gasteiger partial charge < -0.3 is 11.1 Å². The third-order valence-electron chi connectivity index (χ3n) is 2.21. The van der Waals surface area contributed by atoms with Crippen LogP contribution in [0.2, 0.25) is 0 Å². The van der Waals surface area contributed by atoms with Crippen LogP contribution in [-0.4, -0.2) is 0 Å². The van der Waals surface area contributed by atoms with Gasteiger partial charge in [0.1, 0.15) is 17.5 Å². The average Bonchev–Trinajstić information content (AvgIpc) is 2.24. The van der Waals surface area contributed by atoms with E-state index in [1.165, 1.54) is 12.1 Å². The highest BCUT2D eigenvalue weighted by Crippen LogP contribution is 2.27. The Balaban J connectivity index is 2.36. The van der Waals surface area contributed by atoms with Gasteiger partial charge >= 0.3 is 0 Å². The Morgan fingerprint density at radius 1 is 0.944 bits per heavy atom. The molecule has 0 amide bonds. The molecule has 3 N–H and O–H groups in total. The molecule has 18 heavy (non-hydrogen) atoms. The smallest absolute Gasteiger partial charge is 0.149 e. The van der Waals surface area contributed by atoms with E-state index in [0.29, 0.717) is 0 Å². The first kappa shape index (κ1) is 12.8. The van der Waals surface area contributed by atoms with Crippen LogP contribution < -0.4 is 11.1 Å². The molecule has 0 saturated heterocycles. The molecule has 2 rings (SSSR count). The first-order chi connectivity index (χ1) is 8.45. The quantitative estimate of drug-likeness (QED) is 0.644. The van der Waals surface area contributed by atoms with Gasteiger partial charge in [-0.2, -0.15) is 0 Å². The van der Waals surface area contributed by atoms with E-state index in [1.807, 2.05) is 0 Å². The molecule has 0 aliphatic carbocycles. The second-order valence-corrected chi connectivity index (χ2v) is 4.50. The van der Waals surface area contributed by atoms with Crippen molar-refractivity contribution in [3.63, 3.8) is 0 Å². The SMILES string of the molecule is Nc1cc(F)cc(Nc2cc(Br)c(F)cc2F)c1. The first-order valence-corrected chi connectivity index (χ1v) is 5.72. The fraction of sp³-hybridized carbons (Fsp3) is 0. The van der Waals surface area contributed by atoms with E-state index in [4.69, 9.17) is 5.73 Å². The van der Waals surface area contributed by atoms with Crippen molar-refractivity contribution in [2.45, 2.75) is 0 Å². The standard InChI is InChI=1S/C12H8BrF3N2/c13-9-4-12(11(16)5-10(9)15)18-8-2-6(14)1-7(17)3-8/h1-5,18H,17H2. The van der Waals surface area contributed by atoms with Crippen LogP contribution in [0.4, 0.5) is 30.2 Å². The minimum atomic E-state index is -0.779. The van der Waals surface area contributed by atoms with Crippen LogP contribution in [0.15, 0.2) is 34.8 Å². The molecule has 2 aromatic carbocycles. The summed E-state index contributed by atoms with van der Waals surface area (Å²) < 4.78 is 39.7. The topological polar surface area (TPSA) is 38.0 Å². The Labute approximate surface area is 110 Å². The normalized spacial score (nSPS) is 10.4. The largest absolute Gasteiger partial charge is 0.399 e. The van der Waals surface area contributed by atoms with Crippen molar-refractivity contribution in [3.05, 3.63) is 52.3 Å². The van der Waals surface area contributed by atoms with Crippen LogP contribution in [0.3, 0.4) is 0 Å². The number of rotatable bonds is 2. The van der Waals surface area contributed by atoms with Gasteiger partial charge in [0.15, 0.2) is 0 Å². The molecule has 2 aromatic rings. The third kappa shape index (κ3) is 2.76. The lowest BCUT2D eigenvalue weighted by atomic mass is 10.2. The van der Waals surface area contributed by atoms with Crippen molar-refractivity contribution in [3.8, 4) is 0 Å². The summed E-state index contributed by atoms with van der Waals surface area (Å²) in [5, 5.41) is 2.63. The number of hydrogen-bond acceptors (Lipinski definition) is 2. The fourth-order valence-electron chi connectivity index (χ4n) is 1.46. The lowest BCUT2D eigenvalue weighted by Gasteiger charge is -2.09. The van der Waals surface area contributed by atoms with E-state index in [-0.39, 0.29) is 21.5 Å². The molecular formula is C12H8BrF3N2. The van der Waals surface area contributed by atoms with Gasteiger partial charge in [0.05, 0.1) is 10.2 Å². The molecule has 0 bridgehead atoms. The predicted molar refractivity (Wildman–Crippen MR) is 68.2 cm³/mol. The highest BCUT2D eigenvalue weighted by molar-refractivity contribution is 9.10. The van der Waals surface area contributed by atoms with Crippen LogP contribution in [0.25, 0.3) is 0 Å². The second-order valence-electron chi connectivity index (χ2n) is 3.64. The second kappa shape index (κ2) is 4.89. The van der Waals surface area contributed by atoms with Crippen LogP contribution in [0, 0.1) is 17.5 Å². The van der Waals surface area contributed by atoms with E-state index in [1.54, 1.807) is 0 Å². The minimum absolute atomic E-state index is 0.0216. The van der Waals surface area contributed by atoms with E-state index in [0.717, 1.165) is 18.2 Å². The number of benzene rings is 2. The molecule has 0 radical (unpaired) electrons. The number of hydrogen-bond donors (Lipinski definition) is 2. The number of nitrogen functional groups attached to an aromatic ring is 1. The monoisotopic (exact) mass is 316 g/mol. The Hall–Kier alpha value is -1.69. The van der Waals surface area contributed by atoms with E-state index < -0.39 is 17.5 Å². The predicted octanol–water partition coefficient (Wildman–Crippen LogP) is 4.19. The van der Waals surface area contributed by atoms with E-state index in [9.17, 15) is 13.2 Å². The lowest BCUT2D eigenvalue weighted by Crippen LogP contribution is -1.97. The molecule has 6 heteroatoms. The number of nitrogens with one attached hydrogen (secondary N) is 1. The molecule has 0 heterocycles. The summed E-state index contributed by atoms with van der Waals surface area (Å²) in [5.41, 5.74) is 5.97. The molecule has 2 nitrogen and oxygen atoms in total. The van der Waals surface area contributed by atoms with Gasteiger partial charge in [0, 0.05) is 17.4 Å². The molecule has 0 atom stereocenters. The number of anilines is 3. The number of halogens is 4.